The van der Waals surface area contributed by atoms with Crippen LogP contribution in [0.4, 0.5) is 5.82 Å². The second kappa shape index (κ2) is 6.22. The number of aryl methyl sites for hydroxylation is 1. The summed E-state index contributed by atoms with van der Waals surface area (Å²) in [6.45, 7) is 3.00. The summed E-state index contributed by atoms with van der Waals surface area (Å²) in [5, 5.41) is 4.35. The Labute approximate surface area is 124 Å². The van der Waals surface area contributed by atoms with Gasteiger partial charge in [-0.25, -0.2) is 15.8 Å². The van der Waals surface area contributed by atoms with Gasteiger partial charge in [-0.3, -0.25) is 4.68 Å². The molecule has 112 valence electrons. The van der Waals surface area contributed by atoms with Crippen LogP contribution in [0.5, 0.6) is 0 Å². The van der Waals surface area contributed by atoms with Crippen LogP contribution in [0.2, 0.25) is 0 Å². The molecule has 0 amide bonds. The summed E-state index contributed by atoms with van der Waals surface area (Å²) < 4.78 is 1.95. The molecule has 6 heteroatoms. The van der Waals surface area contributed by atoms with Gasteiger partial charge >= 0.3 is 0 Å². The number of aromatic nitrogens is 4. The minimum absolute atomic E-state index is 0.529. The van der Waals surface area contributed by atoms with E-state index in [1.807, 2.05) is 16.8 Å². The summed E-state index contributed by atoms with van der Waals surface area (Å²) in [7, 11) is 0. The molecule has 0 aromatic carbocycles. The van der Waals surface area contributed by atoms with Crippen LogP contribution in [-0.4, -0.2) is 19.7 Å². The van der Waals surface area contributed by atoms with Crippen LogP contribution < -0.4 is 11.3 Å². The van der Waals surface area contributed by atoms with E-state index in [1.165, 1.54) is 25.7 Å². The maximum atomic E-state index is 5.57. The highest BCUT2D eigenvalue weighted by molar-refractivity contribution is 5.53. The van der Waals surface area contributed by atoms with Crippen molar-refractivity contribution in [1.82, 2.24) is 19.7 Å². The Morgan fingerprint density at radius 1 is 1.33 bits per heavy atom. The molecule has 3 N–H and O–H groups in total. The van der Waals surface area contributed by atoms with Crippen LogP contribution in [0.15, 0.2) is 18.3 Å². The number of nitrogen functional groups attached to an aromatic ring is 1. The van der Waals surface area contributed by atoms with Gasteiger partial charge in [0.15, 0.2) is 5.82 Å². The third kappa shape index (κ3) is 2.90. The van der Waals surface area contributed by atoms with Crippen molar-refractivity contribution in [3.8, 4) is 11.5 Å². The molecule has 0 saturated heterocycles. The van der Waals surface area contributed by atoms with Gasteiger partial charge in [0, 0.05) is 30.4 Å². The van der Waals surface area contributed by atoms with Crippen molar-refractivity contribution in [2.75, 3.05) is 5.43 Å². The molecule has 0 radical (unpaired) electrons. The standard InChI is InChI=1S/C15H22N6/c1-2-9-21-13(7-8-17-21)15-18-12(10-14(19-15)20-16)11-5-3-4-6-11/h7-8,10-11H,2-6,9,16H2,1H3,(H,18,19,20). The Bertz CT molecular complexity index is 600. The topological polar surface area (TPSA) is 81.7 Å². The molecular formula is C15H22N6. The first kappa shape index (κ1) is 14.0. The van der Waals surface area contributed by atoms with Gasteiger partial charge in [-0.15, -0.1) is 0 Å². The van der Waals surface area contributed by atoms with Gasteiger partial charge in [0.1, 0.15) is 11.5 Å². The number of anilines is 1. The normalized spacial score (nSPS) is 15.5. The zero-order chi connectivity index (χ0) is 14.7. The van der Waals surface area contributed by atoms with Crippen molar-refractivity contribution in [2.24, 2.45) is 5.84 Å². The molecule has 2 heterocycles. The summed E-state index contributed by atoms with van der Waals surface area (Å²) in [5.74, 6) is 7.48. The monoisotopic (exact) mass is 286 g/mol. The Morgan fingerprint density at radius 3 is 2.86 bits per heavy atom. The highest BCUT2D eigenvalue weighted by Gasteiger charge is 2.21. The lowest BCUT2D eigenvalue weighted by atomic mass is 10.0. The zero-order valence-electron chi connectivity index (χ0n) is 12.4. The second-order valence-electron chi connectivity index (χ2n) is 5.57. The molecule has 0 atom stereocenters. The Kier molecular flexibility index (Phi) is 4.15. The SMILES string of the molecule is CCCn1nccc1-c1nc(NN)cc(C2CCCC2)n1. The summed E-state index contributed by atoms with van der Waals surface area (Å²) in [4.78, 5) is 9.28. The minimum Gasteiger partial charge on any atom is -0.308 e. The highest BCUT2D eigenvalue weighted by atomic mass is 15.3. The fourth-order valence-electron chi connectivity index (χ4n) is 3.00. The Morgan fingerprint density at radius 2 is 2.14 bits per heavy atom. The van der Waals surface area contributed by atoms with E-state index < -0.39 is 0 Å². The number of hydrazine groups is 1. The molecule has 1 fully saturated rings. The van der Waals surface area contributed by atoms with Gasteiger partial charge in [0.2, 0.25) is 0 Å². The second-order valence-corrected chi connectivity index (χ2v) is 5.57. The summed E-state index contributed by atoms with van der Waals surface area (Å²) in [6.07, 6.45) is 7.79. The Hall–Kier alpha value is -1.95. The number of hydrogen-bond acceptors (Lipinski definition) is 5. The first-order valence-corrected chi connectivity index (χ1v) is 7.69. The highest BCUT2D eigenvalue weighted by Crippen LogP contribution is 2.34. The molecule has 0 unspecified atom stereocenters. The lowest BCUT2D eigenvalue weighted by Gasteiger charge is -2.13. The minimum atomic E-state index is 0.529. The lowest BCUT2D eigenvalue weighted by Crippen LogP contribution is -2.12. The molecule has 21 heavy (non-hydrogen) atoms. The largest absolute Gasteiger partial charge is 0.308 e. The van der Waals surface area contributed by atoms with E-state index in [2.05, 4.69) is 22.4 Å². The van der Waals surface area contributed by atoms with E-state index in [1.54, 1.807) is 6.20 Å². The van der Waals surface area contributed by atoms with Crippen molar-refractivity contribution in [3.63, 3.8) is 0 Å². The van der Waals surface area contributed by atoms with E-state index in [9.17, 15) is 0 Å². The Balaban J connectivity index is 2.00. The predicted molar refractivity (Wildman–Crippen MR) is 82.6 cm³/mol. The van der Waals surface area contributed by atoms with Gasteiger partial charge in [0.25, 0.3) is 0 Å². The van der Waals surface area contributed by atoms with Gasteiger partial charge in [0.05, 0.1) is 0 Å². The van der Waals surface area contributed by atoms with Crippen molar-refractivity contribution in [1.29, 1.82) is 0 Å². The fraction of sp³-hybridized carbons (Fsp3) is 0.533. The molecule has 6 nitrogen and oxygen atoms in total. The number of rotatable bonds is 5. The molecule has 2 aromatic heterocycles. The average Bonchev–Trinajstić information content (AvgIpc) is 3.18. The van der Waals surface area contributed by atoms with Crippen LogP contribution in [0.1, 0.15) is 50.6 Å². The number of nitrogens with two attached hydrogens (primary N) is 1. The van der Waals surface area contributed by atoms with Crippen molar-refractivity contribution < 1.29 is 0 Å². The van der Waals surface area contributed by atoms with E-state index >= 15 is 0 Å². The van der Waals surface area contributed by atoms with Crippen molar-refractivity contribution in [3.05, 3.63) is 24.0 Å². The van der Waals surface area contributed by atoms with Gasteiger partial charge in [-0.05, 0) is 25.3 Å². The number of nitrogens with zero attached hydrogens (tertiary/aromatic N) is 4. The van der Waals surface area contributed by atoms with E-state index in [-0.39, 0.29) is 0 Å². The maximum absolute atomic E-state index is 5.57. The molecule has 1 aliphatic rings. The van der Waals surface area contributed by atoms with Crippen LogP contribution in [0.25, 0.3) is 11.5 Å². The number of nitrogens with one attached hydrogen (secondary N) is 1. The third-order valence-corrected chi connectivity index (χ3v) is 4.05. The van der Waals surface area contributed by atoms with E-state index in [4.69, 9.17) is 10.8 Å². The van der Waals surface area contributed by atoms with Crippen LogP contribution in [0, 0.1) is 0 Å². The molecular weight excluding hydrogens is 264 g/mol. The smallest absolute Gasteiger partial charge is 0.180 e. The summed E-state index contributed by atoms with van der Waals surface area (Å²) >= 11 is 0. The fourth-order valence-corrected chi connectivity index (χ4v) is 3.00. The van der Waals surface area contributed by atoms with Crippen LogP contribution >= 0.6 is 0 Å². The first-order valence-electron chi connectivity index (χ1n) is 7.69. The maximum Gasteiger partial charge on any atom is 0.180 e. The lowest BCUT2D eigenvalue weighted by molar-refractivity contribution is 0.605. The first-order chi connectivity index (χ1) is 10.3. The summed E-state index contributed by atoms with van der Waals surface area (Å²) in [6, 6.07) is 3.93. The molecule has 0 aliphatic heterocycles. The zero-order valence-corrected chi connectivity index (χ0v) is 12.4. The van der Waals surface area contributed by atoms with Crippen LogP contribution in [0.3, 0.4) is 0 Å². The van der Waals surface area contributed by atoms with Gasteiger partial charge in [-0.2, -0.15) is 5.10 Å². The molecule has 3 rings (SSSR count). The predicted octanol–water partition coefficient (Wildman–Crippen LogP) is 2.69. The van der Waals surface area contributed by atoms with Gasteiger partial charge in [-0.1, -0.05) is 19.8 Å². The molecule has 1 aliphatic carbocycles. The van der Waals surface area contributed by atoms with Gasteiger partial charge < -0.3 is 5.43 Å². The molecule has 1 saturated carbocycles. The van der Waals surface area contributed by atoms with E-state index in [0.29, 0.717) is 17.6 Å². The molecule has 0 bridgehead atoms. The third-order valence-electron chi connectivity index (χ3n) is 4.05. The quantitative estimate of drug-likeness (QED) is 0.652. The van der Waals surface area contributed by atoms with E-state index in [0.717, 1.165) is 24.4 Å². The molecule has 2 aromatic rings. The van der Waals surface area contributed by atoms with Crippen molar-refractivity contribution in [2.45, 2.75) is 51.5 Å². The van der Waals surface area contributed by atoms with Crippen LogP contribution in [-0.2, 0) is 6.54 Å². The average molecular weight is 286 g/mol. The summed E-state index contributed by atoms with van der Waals surface area (Å²) in [5.41, 5.74) is 4.71. The van der Waals surface area contributed by atoms with Crippen molar-refractivity contribution >= 4 is 5.82 Å². The number of hydrogen-bond donors (Lipinski definition) is 2. The molecule has 0 spiro atoms.